The van der Waals surface area contributed by atoms with Crippen molar-refractivity contribution in [3.05, 3.63) is 22.8 Å². The molecule has 4 aliphatic rings. The van der Waals surface area contributed by atoms with Crippen molar-refractivity contribution in [2.45, 2.75) is 95.5 Å². The van der Waals surface area contributed by atoms with E-state index in [-0.39, 0.29) is 43.2 Å². The molecule has 2 fully saturated rings. The second-order valence-electron chi connectivity index (χ2n) is 12.1. The molecule has 0 bridgehead atoms. The highest BCUT2D eigenvalue weighted by Crippen LogP contribution is 2.55. The van der Waals surface area contributed by atoms with Gasteiger partial charge in [0.25, 0.3) is 0 Å². The maximum absolute atomic E-state index is 13.4. The summed E-state index contributed by atoms with van der Waals surface area (Å²) in [5.41, 5.74) is -0.156. The van der Waals surface area contributed by atoms with E-state index >= 15 is 0 Å². The third kappa shape index (κ3) is 4.93. The number of aliphatic hydroxyl groups is 5. The van der Waals surface area contributed by atoms with Gasteiger partial charge in [0.1, 0.15) is 36.1 Å². The quantitative estimate of drug-likeness (QED) is 0.288. The van der Waals surface area contributed by atoms with Crippen LogP contribution >= 0.6 is 0 Å². The van der Waals surface area contributed by atoms with E-state index in [0.29, 0.717) is 24.0 Å². The van der Waals surface area contributed by atoms with Crippen LogP contribution in [0.2, 0.25) is 0 Å². The van der Waals surface area contributed by atoms with Gasteiger partial charge in [0, 0.05) is 31.6 Å². The Balaban J connectivity index is 1.83. The molecule has 1 aliphatic heterocycles. The Morgan fingerprint density at radius 3 is 2.37 bits per heavy atom. The molecule has 0 aromatic rings. The molecule has 1 saturated carbocycles. The van der Waals surface area contributed by atoms with E-state index in [2.05, 4.69) is 0 Å². The maximum atomic E-state index is 13.4. The minimum absolute atomic E-state index is 0.0448. The Morgan fingerprint density at radius 2 is 1.76 bits per heavy atom. The normalized spacial score (nSPS) is 45.6. The van der Waals surface area contributed by atoms with Crippen LogP contribution in [0.1, 0.15) is 47.0 Å². The smallest absolute Gasteiger partial charge is 0.187 e. The Morgan fingerprint density at radius 1 is 1.08 bits per heavy atom. The Hall–Kier alpha value is -1.21. The Kier molecular flexibility index (Phi) is 8.61. The van der Waals surface area contributed by atoms with Crippen molar-refractivity contribution in [3.8, 4) is 0 Å². The molecule has 1 saturated heterocycles. The van der Waals surface area contributed by atoms with Gasteiger partial charge in [0.05, 0.1) is 19.3 Å². The van der Waals surface area contributed by atoms with Crippen LogP contribution in [-0.4, -0.2) is 107 Å². The molecule has 10 nitrogen and oxygen atoms in total. The lowest BCUT2D eigenvalue weighted by Crippen LogP contribution is -2.61. The summed E-state index contributed by atoms with van der Waals surface area (Å²) in [7, 11) is 2.97. The summed E-state index contributed by atoms with van der Waals surface area (Å²) in [6, 6.07) is 0. The van der Waals surface area contributed by atoms with E-state index in [1.54, 1.807) is 0 Å². The summed E-state index contributed by atoms with van der Waals surface area (Å²) in [6.07, 6.45) is -5.84. The van der Waals surface area contributed by atoms with E-state index in [0.717, 1.165) is 5.57 Å². The highest BCUT2D eigenvalue weighted by molar-refractivity contribution is 6.01. The number of aliphatic hydroxyl groups excluding tert-OH is 4. The summed E-state index contributed by atoms with van der Waals surface area (Å²) in [5, 5.41) is 55.1. The molecule has 0 aromatic heterocycles. The first-order valence-corrected chi connectivity index (χ1v) is 13.5. The summed E-state index contributed by atoms with van der Waals surface area (Å²) in [6.45, 7) is 7.68. The number of ether oxygens (including phenoxy) is 4. The zero-order valence-corrected chi connectivity index (χ0v) is 23.2. The topological polar surface area (TPSA) is 155 Å². The van der Waals surface area contributed by atoms with E-state index in [4.69, 9.17) is 18.9 Å². The van der Waals surface area contributed by atoms with Gasteiger partial charge in [-0.1, -0.05) is 33.8 Å². The predicted molar refractivity (Wildman–Crippen MR) is 136 cm³/mol. The van der Waals surface area contributed by atoms with Crippen molar-refractivity contribution in [2.24, 2.45) is 23.2 Å². The summed E-state index contributed by atoms with van der Waals surface area (Å²) in [5.74, 6) is -0.802. The number of ketones is 1. The zero-order chi connectivity index (χ0) is 28.2. The number of hydrogen-bond acceptors (Lipinski definition) is 10. The fraction of sp³-hybridized carbons (Fsp3) is 0.821. The van der Waals surface area contributed by atoms with Gasteiger partial charge in [-0.2, -0.15) is 0 Å². The van der Waals surface area contributed by atoms with Crippen LogP contribution < -0.4 is 0 Å². The van der Waals surface area contributed by atoms with Crippen LogP contribution in [0.5, 0.6) is 0 Å². The standard InChI is InChI=1S/C28H44O10/c1-13(2)19-17(29)10-27(4)9-16-15(7-8-28(16,34)12-36-6)14(3)21(30)25(20(19)27)38-26-24(33)23(32)22(31)18(37-26)11-35-5/h9,13-15,18,21-26,30-34H,7-8,10-12H2,1-6H3/t14-,15+,18-,21-,22-,23+,24-,25-,26-,27+,28-/m1/s1. The van der Waals surface area contributed by atoms with Crippen molar-refractivity contribution >= 4 is 5.78 Å². The van der Waals surface area contributed by atoms with Crippen molar-refractivity contribution in [1.29, 1.82) is 0 Å². The van der Waals surface area contributed by atoms with Gasteiger partial charge >= 0.3 is 0 Å². The fourth-order valence-corrected chi connectivity index (χ4v) is 7.09. The first-order chi connectivity index (χ1) is 17.8. The van der Waals surface area contributed by atoms with Crippen LogP contribution in [0.25, 0.3) is 0 Å². The van der Waals surface area contributed by atoms with Crippen LogP contribution in [0.15, 0.2) is 22.8 Å². The fourth-order valence-electron chi connectivity index (χ4n) is 7.09. The molecule has 0 amide bonds. The molecule has 11 atom stereocenters. The van der Waals surface area contributed by atoms with Crippen LogP contribution in [-0.2, 0) is 23.7 Å². The molecular weight excluding hydrogens is 496 g/mol. The average molecular weight is 541 g/mol. The molecule has 38 heavy (non-hydrogen) atoms. The highest BCUT2D eigenvalue weighted by atomic mass is 16.7. The first kappa shape index (κ1) is 29.8. The number of allylic oxidation sites excluding steroid dienone is 2. The Bertz CT molecular complexity index is 961. The van der Waals surface area contributed by atoms with E-state index < -0.39 is 53.9 Å². The first-order valence-electron chi connectivity index (χ1n) is 13.5. The van der Waals surface area contributed by atoms with Crippen LogP contribution in [0, 0.1) is 23.2 Å². The lowest BCUT2D eigenvalue weighted by atomic mass is 9.68. The van der Waals surface area contributed by atoms with Crippen molar-refractivity contribution in [3.63, 3.8) is 0 Å². The molecule has 4 rings (SSSR count). The highest BCUT2D eigenvalue weighted by Gasteiger charge is 2.56. The number of fused-ring (bicyclic) bond motifs is 2. The second kappa shape index (κ2) is 11.0. The van der Waals surface area contributed by atoms with E-state index in [9.17, 15) is 30.3 Å². The molecule has 216 valence electrons. The molecule has 10 heteroatoms. The minimum atomic E-state index is -1.60. The minimum Gasteiger partial charge on any atom is -0.390 e. The average Bonchev–Trinajstić information content (AvgIpc) is 3.30. The Labute approximate surface area is 224 Å². The number of carbonyl (C=O) groups is 1. The SMILES string of the molecule is COC[C@H]1O[C@H](O[C@@H]2C3=C(C(C)C)C(=O)C[C@]3(C)C=C3[C@@H](CC[C@@]3(O)COC)[C@@H](C)[C@H]2O)[C@H](O)[C@@H](O)[C@@H]1O. The number of Topliss-reactive ketones (excluding diaryl/α,β-unsaturated/α-hetero) is 1. The predicted octanol–water partition coefficient (Wildman–Crippen LogP) is 0.482. The van der Waals surface area contributed by atoms with Gasteiger partial charge in [-0.3, -0.25) is 4.79 Å². The van der Waals surface area contributed by atoms with Gasteiger partial charge < -0.3 is 44.5 Å². The molecular formula is C28H44O10. The van der Waals surface area contributed by atoms with Crippen molar-refractivity contribution in [1.82, 2.24) is 0 Å². The van der Waals surface area contributed by atoms with Crippen molar-refractivity contribution < 1.29 is 49.3 Å². The summed E-state index contributed by atoms with van der Waals surface area (Å²) < 4.78 is 22.6. The second-order valence-corrected chi connectivity index (χ2v) is 12.1. The zero-order valence-electron chi connectivity index (χ0n) is 23.2. The number of methoxy groups -OCH3 is 2. The number of rotatable bonds is 7. The summed E-state index contributed by atoms with van der Waals surface area (Å²) in [4.78, 5) is 13.4. The van der Waals surface area contributed by atoms with Gasteiger partial charge in [-0.15, -0.1) is 0 Å². The molecule has 0 unspecified atom stereocenters. The maximum Gasteiger partial charge on any atom is 0.187 e. The third-order valence-corrected chi connectivity index (χ3v) is 9.02. The monoisotopic (exact) mass is 540 g/mol. The van der Waals surface area contributed by atoms with Crippen molar-refractivity contribution in [2.75, 3.05) is 27.4 Å². The van der Waals surface area contributed by atoms with E-state index in [1.165, 1.54) is 14.2 Å². The molecule has 3 aliphatic carbocycles. The molecule has 1 heterocycles. The van der Waals surface area contributed by atoms with Gasteiger partial charge in [-0.25, -0.2) is 0 Å². The molecule has 5 N–H and O–H groups in total. The van der Waals surface area contributed by atoms with Gasteiger partial charge in [0.15, 0.2) is 12.1 Å². The van der Waals surface area contributed by atoms with E-state index in [1.807, 2.05) is 33.8 Å². The lowest BCUT2D eigenvalue weighted by Gasteiger charge is -2.46. The number of hydrogen-bond donors (Lipinski definition) is 5. The van der Waals surface area contributed by atoms with Gasteiger partial charge in [0.2, 0.25) is 0 Å². The number of carbonyl (C=O) groups excluding carboxylic acids is 1. The largest absolute Gasteiger partial charge is 0.390 e. The molecule has 0 spiro atoms. The lowest BCUT2D eigenvalue weighted by molar-refractivity contribution is -0.316. The molecule has 0 radical (unpaired) electrons. The van der Waals surface area contributed by atoms with Gasteiger partial charge in [-0.05, 0) is 41.7 Å². The van der Waals surface area contributed by atoms with Crippen LogP contribution in [0.3, 0.4) is 0 Å². The third-order valence-electron chi connectivity index (χ3n) is 9.02. The van der Waals surface area contributed by atoms with Crippen LogP contribution in [0.4, 0.5) is 0 Å². The summed E-state index contributed by atoms with van der Waals surface area (Å²) >= 11 is 0. The molecule has 0 aromatic carbocycles.